The van der Waals surface area contributed by atoms with Gasteiger partial charge in [0.05, 0.1) is 5.56 Å². The summed E-state index contributed by atoms with van der Waals surface area (Å²) in [4.78, 5) is 28.4. The molecule has 1 aliphatic carbocycles. The Morgan fingerprint density at radius 3 is 2.14 bits per heavy atom. The van der Waals surface area contributed by atoms with Crippen LogP contribution in [-0.4, -0.2) is 35.9 Å². The number of piperidine rings is 1. The van der Waals surface area contributed by atoms with Crippen molar-refractivity contribution < 1.29 is 14.3 Å². The quantitative estimate of drug-likeness (QED) is 0.402. The van der Waals surface area contributed by atoms with Gasteiger partial charge in [-0.15, -0.1) is 0 Å². The number of ether oxygens (including phenoxy) is 1. The molecule has 3 aromatic carbocycles. The van der Waals surface area contributed by atoms with Crippen molar-refractivity contribution in [3.8, 4) is 0 Å². The highest BCUT2D eigenvalue weighted by Crippen LogP contribution is 2.43. The maximum atomic E-state index is 13.3. The van der Waals surface area contributed by atoms with Crippen molar-refractivity contribution in [3.63, 3.8) is 0 Å². The first-order valence-electron chi connectivity index (χ1n) is 13.6. The van der Waals surface area contributed by atoms with Crippen molar-refractivity contribution in [2.24, 2.45) is 0 Å². The number of hydrogen-bond acceptors (Lipinski definition) is 4. The van der Waals surface area contributed by atoms with Crippen molar-refractivity contribution in [2.75, 3.05) is 13.1 Å². The maximum Gasteiger partial charge on any atom is 0.338 e. The molecule has 0 radical (unpaired) electrons. The van der Waals surface area contributed by atoms with Crippen molar-refractivity contribution >= 4 is 11.9 Å². The van der Waals surface area contributed by atoms with Crippen molar-refractivity contribution in [1.29, 1.82) is 0 Å². The Labute approximate surface area is 219 Å². The summed E-state index contributed by atoms with van der Waals surface area (Å²) >= 11 is 0. The summed E-state index contributed by atoms with van der Waals surface area (Å²) in [6, 6.07) is 27.4. The molecule has 1 amide bonds. The smallest absolute Gasteiger partial charge is 0.338 e. The van der Waals surface area contributed by atoms with E-state index < -0.39 is 5.97 Å². The van der Waals surface area contributed by atoms with E-state index in [9.17, 15) is 9.59 Å². The second-order valence-corrected chi connectivity index (χ2v) is 10.3. The van der Waals surface area contributed by atoms with E-state index in [0.29, 0.717) is 16.7 Å². The number of nitrogens with zero attached hydrogens (tertiary/aromatic N) is 1. The van der Waals surface area contributed by atoms with Gasteiger partial charge in [-0.25, -0.2) is 4.79 Å². The molecule has 0 unspecified atom stereocenters. The third-order valence-corrected chi connectivity index (χ3v) is 8.05. The Kier molecular flexibility index (Phi) is 8.00. The molecule has 0 spiro atoms. The average Bonchev–Trinajstić information content (AvgIpc) is 2.98. The highest BCUT2D eigenvalue weighted by molar-refractivity contribution is 5.96. The summed E-state index contributed by atoms with van der Waals surface area (Å²) in [6.45, 7) is 2.37. The van der Waals surface area contributed by atoms with Crippen molar-refractivity contribution in [1.82, 2.24) is 10.2 Å². The van der Waals surface area contributed by atoms with E-state index in [-0.39, 0.29) is 24.1 Å². The molecule has 1 saturated carbocycles. The summed E-state index contributed by atoms with van der Waals surface area (Å²) < 4.78 is 5.51. The van der Waals surface area contributed by atoms with E-state index >= 15 is 0 Å². The lowest BCUT2D eigenvalue weighted by molar-refractivity contribution is 0.0227. The minimum Gasteiger partial charge on any atom is -0.457 e. The fourth-order valence-corrected chi connectivity index (χ4v) is 6.03. The second kappa shape index (κ2) is 11.7. The lowest BCUT2D eigenvalue weighted by Crippen LogP contribution is -2.53. The molecule has 192 valence electrons. The second-order valence-electron chi connectivity index (χ2n) is 10.3. The van der Waals surface area contributed by atoms with Crippen LogP contribution in [0.25, 0.3) is 0 Å². The van der Waals surface area contributed by atoms with Gasteiger partial charge in [0, 0.05) is 22.7 Å². The van der Waals surface area contributed by atoms with Crippen LogP contribution in [0.5, 0.6) is 0 Å². The number of likely N-dealkylation sites (tertiary alicyclic amines) is 1. The van der Waals surface area contributed by atoms with E-state index in [1.54, 1.807) is 24.3 Å². The first kappa shape index (κ1) is 25.2. The molecule has 5 nitrogen and oxygen atoms in total. The Hall–Kier alpha value is -3.44. The zero-order valence-electron chi connectivity index (χ0n) is 21.4. The van der Waals surface area contributed by atoms with Crippen molar-refractivity contribution in [2.45, 2.75) is 63.1 Å². The molecule has 5 rings (SSSR count). The summed E-state index contributed by atoms with van der Waals surface area (Å²) in [5, 5.41) is 3.29. The predicted molar refractivity (Wildman–Crippen MR) is 145 cm³/mol. The fourth-order valence-electron chi connectivity index (χ4n) is 6.03. The number of carbonyl (C=O) groups excluding carboxylic acids is 2. The molecule has 5 heteroatoms. The lowest BCUT2D eigenvalue weighted by Gasteiger charge is -2.50. The lowest BCUT2D eigenvalue weighted by atomic mass is 9.73. The number of hydrogen-bond donors (Lipinski definition) is 1. The van der Waals surface area contributed by atoms with E-state index in [1.165, 1.54) is 24.8 Å². The number of carbonyl (C=O) groups is 2. The molecule has 1 saturated heterocycles. The molecular weight excluding hydrogens is 460 g/mol. The fraction of sp³-hybridized carbons (Fsp3) is 0.375. The van der Waals surface area contributed by atoms with Gasteiger partial charge >= 0.3 is 5.97 Å². The molecule has 2 aliphatic rings. The van der Waals surface area contributed by atoms with Crippen LogP contribution >= 0.6 is 0 Å². The van der Waals surface area contributed by atoms with Crippen LogP contribution in [0, 0.1) is 0 Å². The van der Waals surface area contributed by atoms with Gasteiger partial charge in [0.25, 0.3) is 5.91 Å². The van der Waals surface area contributed by atoms with Crippen molar-refractivity contribution in [3.05, 3.63) is 107 Å². The number of nitrogens with one attached hydrogen (secondary N) is 1. The van der Waals surface area contributed by atoms with Crippen LogP contribution in [0.15, 0.2) is 84.9 Å². The van der Waals surface area contributed by atoms with Gasteiger partial charge < -0.3 is 10.1 Å². The molecule has 3 aromatic rings. The van der Waals surface area contributed by atoms with Crippen LogP contribution in [-0.2, 0) is 16.9 Å². The highest BCUT2D eigenvalue weighted by Gasteiger charge is 2.42. The topological polar surface area (TPSA) is 58.6 Å². The number of esters is 1. The van der Waals surface area contributed by atoms with E-state index in [4.69, 9.17) is 4.74 Å². The van der Waals surface area contributed by atoms with Crippen LogP contribution in [0.1, 0.15) is 76.8 Å². The molecule has 1 N–H and O–H groups in total. The summed E-state index contributed by atoms with van der Waals surface area (Å²) in [6.07, 6.45) is 7.82. The number of benzene rings is 3. The standard InChI is InChI=1S/C32H36N2O3/c35-30(29-17-9-8-14-26(29)24-37-31(36)25-12-4-1-5-13-25)33-28-18-20-32(21-19-28,27-15-6-2-7-16-27)34-22-10-3-11-23-34/h1-2,4-9,12-17,28H,3,10-11,18-24H2,(H,33,35). The summed E-state index contributed by atoms with van der Waals surface area (Å²) in [5.41, 5.74) is 3.26. The van der Waals surface area contributed by atoms with Gasteiger partial charge in [-0.1, -0.05) is 73.2 Å². The molecule has 0 atom stereocenters. The molecule has 0 bridgehead atoms. The van der Waals surface area contributed by atoms with E-state index in [0.717, 1.165) is 38.8 Å². The van der Waals surface area contributed by atoms with Gasteiger partial charge in [-0.2, -0.15) is 0 Å². The van der Waals surface area contributed by atoms with Crippen LogP contribution in [0.4, 0.5) is 0 Å². The Morgan fingerprint density at radius 2 is 1.43 bits per heavy atom. The Balaban J connectivity index is 1.23. The van der Waals surface area contributed by atoms with Crippen LogP contribution in [0.2, 0.25) is 0 Å². The van der Waals surface area contributed by atoms with Gasteiger partial charge in [0.1, 0.15) is 6.61 Å². The third-order valence-electron chi connectivity index (χ3n) is 8.05. The summed E-state index contributed by atoms with van der Waals surface area (Å²) in [5.74, 6) is -0.486. The molecule has 2 fully saturated rings. The molecule has 37 heavy (non-hydrogen) atoms. The normalized spacial score (nSPS) is 22.2. The van der Waals surface area contributed by atoms with Gasteiger partial charge in [0.2, 0.25) is 0 Å². The third kappa shape index (κ3) is 5.78. The monoisotopic (exact) mass is 496 g/mol. The SMILES string of the molecule is O=C(OCc1ccccc1C(=O)NC1CCC(c2ccccc2)(N2CCCCC2)CC1)c1ccccc1. The van der Waals surface area contributed by atoms with Gasteiger partial charge in [-0.05, 0) is 75.4 Å². The van der Waals surface area contributed by atoms with E-state index in [2.05, 4.69) is 40.5 Å². The van der Waals surface area contributed by atoms with Gasteiger partial charge in [-0.3, -0.25) is 9.69 Å². The largest absolute Gasteiger partial charge is 0.457 e. The zero-order valence-corrected chi connectivity index (χ0v) is 21.4. The van der Waals surface area contributed by atoms with Gasteiger partial charge in [0.15, 0.2) is 0 Å². The first-order chi connectivity index (χ1) is 18.2. The Morgan fingerprint density at radius 1 is 0.811 bits per heavy atom. The maximum absolute atomic E-state index is 13.3. The first-order valence-corrected chi connectivity index (χ1v) is 13.6. The number of rotatable bonds is 7. The van der Waals surface area contributed by atoms with E-state index in [1.807, 2.05) is 30.3 Å². The molecular formula is C32H36N2O3. The van der Waals surface area contributed by atoms with Crippen LogP contribution in [0.3, 0.4) is 0 Å². The minimum absolute atomic E-state index is 0.0620. The van der Waals surface area contributed by atoms with Crippen LogP contribution < -0.4 is 5.32 Å². The summed E-state index contributed by atoms with van der Waals surface area (Å²) in [7, 11) is 0. The molecule has 1 heterocycles. The predicted octanol–water partition coefficient (Wildman–Crippen LogP) is 6.10. The zero-order chi connectivity index (χ0) is 25.5. The molecule has 0 aromatic heterocycles. The molecule has 1 aliphatic heterocycles. The highest BCUT2D eigenvalue weighted by atomic mass is 16.5. The Bertz CT molecular complexity index is 1180. The minimum atomic E-state index is -0.391. The average molecular weight is 497 g/mol. The number of amides is 1.